The molecule has 1 amide bonds. The van der Waals surface area contributed by atoms with Crippen molar-refractivity contribution in [2.45, 2.75) is 57.8 Å². The molecule has 0 fully saturated rings. The summed E-state index contributed by atoms with van der Waals surface area (Å²) in [5.41, 5.74) is 4.72. The van der Waals surface area contributed by atoms with Gasteiger partial charge in [0.1, 0.15) is 5.82 Å². The molecule has 0 bridgehead atoms. The molecule has 214 valence electrons. The van der Waals surface area contributed by atoms with Gasteiger partial charge in [0.05, 0.1) is 23.5 Å². The van der Waals surface area contributed by atoms with E-state index in [4.69, 9.17) is 0 Å². The number of nitrogens with one attached hydrogen (secondary N) is 1. The van der Waals surface area contributed by atoms with Gasteiger partial charge < -0.3 is 30.0 Å². The average molecular weight is 581 g/mol. The predicted octanol–water partition coefficient (Wildman–Crippen LogP) is 1.98. The summed E-state index contributed by atoms with van der Waals surface area (Å²) in [6.07, 6.45) is -2.77. The number of carbonyl (C=O) groups is 2. The molecule has 0 aliphatic rings. The minimum atomic E-state index is -1.39. The van der Waals surface area contributed by atoms with Crippen molar-refractivity contribution in [1.82, 2.24) is 4.57 Å². The van der Waals surface area contributed by atoms with Crippen molar-refractivity contribution in [3.05, 3.63) is 102 Å². The van der Waals surface area contributed by atoms with Crippen molar-refractivity contribution in [2.75, 3.05) is 5.32 Å². The molecule has 7 nitrogen and oxygen atoms in total. The van der Waals surface area contributed by atoms with Crippen LogP contribution < -0.4 is 40.0 Å². The minimum Gasteiger partial charge on any atom is -0.550 e. The first-order valence-corrected chi connectivity index (χ1v) is 13.7. The van der Waals surface area contributed by atoms with Gasteiger partial charge in [-0.15, -0.1) is 0 Å². The number of hydrogen-bond donors (Lipinski definition) is 3. The standard InChI is InChI=1S/C33H35FN2O5.Na/c1-21(2)31-30(33(41)35-25-11-7-4-8-12-25)29(22-9-5-3-6-10-22)32(23-13-15-24(34)16-14-23)36(31)18-17-26(37)19-27(38)20-28(39)40;/h3-16,21,26-27,37-38H,17-20H2,1-2H3,(H,35,41)(H,39,40);/q;+1/p-1/t26-,27+;/m1./s1. The number of rotatable bonds is 12. The Balaban J connectivity index is 0.00000484. The van der Waals surface area contributed by atoms with Crippen molar-refractivity contribution in [2.24, 2.45) is 0 Å². The number of carboxylic acids is 1. The van der Waals surface area contributed by atoms with Crippen LogP contribution in [0.25, 0.3) is 22.4 Å². The molecule has 0 aliphatic carbocycles. The molecular weight excluding hydrogens is 546 g/mol. The van der Waals surface area contributed by atoms with Crippen LogP contribution in [0.2, 0.25) is 0 Å². The topological polar surface area (TPSA) is 115 Å². The van der Waals surface area contributed by atoms with Crippen LogP contribution in [0.3, 0.4) is 0 Å². The number of anilines is 1. The summed E-state index contributed by atoms with van der Waals surface area (Å²) in [5.74, 6) is -2.20. The summed E-state index contributed by atoms with van der Waals surface area (Å²) in [4.78, 5) is 24.9. The molecule has 0 unspecified atom stereocenters. The number of benzene rings is 3. The molecule has 1 heterocycles. The van der Waals surface area contributed by atoms with Crippen molar-refractivity contribution < 1.29 is 58.9 Å². The molecule has 0 spiro atoms. The third kappa shape index (κ3) is 8.18. The van der Waals surface area contributed by atoms with E-state index in [1.807, 2.05) is 66.9 Å². The molecule has 2 atom stereocenters. The molecule has 42 heavy (non-hydrogen) atoms. The number of para-hydroxylation sites is 1. The van der Waals surface area contributed by atoms with Crippen LogP contribution >= 0.6 is 0 Å². The van der Waals surface area contributed by atoms with E-state index < -0.39 is 30.4 Å². The molecule has 4 rings (SSSR count). The first-order chi connectivity index (χ1) is 19.7. The Bertz CT molecular complexity index is 1470. The molecule has 3 N–H and O–H groups in total. The molecule has 3 aromatic carbocycles. The van der Waals surface area contributed by atoms with E-state index in [-0.39, 0.29) is 60.8 Å². The quantitative estimate of drug-likeness (QED) is 0.222. The van der Waals surface area contributed by atoms with E-state index in [9.17, 15) is 29.3 Å². The number of nitrogens with zero attached hydrogens (tertiary/aromatic N) is 1. The largest absolute Gasteiger partial charge is 1.00 e. The molecule has 0 aliphatic heterocycles. The van der Waals surface area contributed by atoms with Crippen LogP contribution in [-0.4, -0.2) is 38.9 Å². The first-order valence-electron chi connectivity index (χ1n) is 13.7. The number of hydrogen-bond acceptors (Lipinski definition) is 5. The van der Waals surface area contributed by atoms with Gasteiger partial charge in [0.15, 0.2) is 0 Å². The summed E-state index contributed by atoms with van der Waals surface area (Å²) in [5, 5.41) is 34.6. The molecular formula is C33H34FN2NaO5. The molecule has 0 radical (unpaired) electrons. The second kappa shape index (κ2) is 15.3. The third-order valence-corrected chi connectivity index (χ3v) is 6.92. The Labute approximate surface area is 267 Å². The molecule has 4 aromatic rings. The van der Waals surface area contributed by atoms with Crippen LogP contribution in [0, 0.1) is 5.82 Å². The number of aliphatic hydroxyl groups is 2. The van der Waals surface area contributed by atoms with E-state index in [0.717, 1.165) is 11.3 Å². The van der Waals surface area contributed by atoms with Gasteiger partial charge in [-0.3, -0.25) is 4.79 Å². The van der Waals surface area contributed by atoms with Crippen LogP contribution in [0.5, 0.6) is 0 Å². The SMILES string of the molecule is CC(C)c1c(C(=O)Nc2ccccc2)c(-c2ccccc2)c(-c2ccc(F)cc2)n1CC[C@@H](O)C[C@H](O)CC(=O)[O-].[Na+]. The number of aromatic nitrogens is 1. The second-order valence-electron chi connectivity index (χ2n) is 10.4. The minimum absolute atomic E-state index is 0. The maximum Gasteiger partial charge on any atom is 1.00 e. The average Bonchev–Trinajstić information content (AvgIpc) is 3.28. The van der Waals surface area contributed by atoms with Crippen LogP contribution in [0.15, 0.2) is 84.9 Å². The van der Waals surface area contributed by atoms with E-state index in [0.29, 0.717) is 28.1 Å². The van der Waals surface area contributed by atoms with Gasteiger partial charge in [0.25, 0.3) is 5.91 Å². The normalized spacial score (nSPS) is 12.4. The molecule has 0 saturated carbocycles. The number of aliphatic hydroxyl groups excluding tert-OH is 2. The Morgan fingerprint density at radius 1 is 0.881 bits per heavy atom. The zero-order chi connectivity index (χ0) is 29.5. The molecule has 0 saturated heterocycles. The zero-order valence-corrected chi connectivity index (χ0v) is 26.1. The number of carbonyl (C=O) groups excluding carboxylic acids is 2. The van der Waals surface area contributed by atoms with Crippen LogP contribution in [0.4, 0.5) is 10.1 Å². The third-order valence-electron chi connectivity index (χ3n) is 6.92. The number of aliphatic carboxylic acids is 1. The van der Waals surface area contributed by atoms with E-state index in [2.05, 4.69) is 5.32 Å². The number of halogens is 1. The maximum atomic E-state index is 14.0. The smallest absolute Gasteiger partial charge is 0.550 e. The first kappa shape index (κ1) is 33.2. The van der Waals surface area contributed by atoms with Crippen molar-refractivity contribution >= 4 is 17.6 Å². The summed E-state index contributed by atoms with van der Waals surface area (Å²) < 4.78 is 16.0. The monoisotopic (exact) mass is 580 g/mol. The summed E-state index contributed by atoms with van der Waals surface area (Å²) in [7, 11) is 0. The van der Waals surface area contributed by atoms with Crippen molar-refractivity contribution in [3.63, 3.8) is 0 Å². The zero-order valence-electron chi connectivity index (χ0n) is 24.1. The summed E-state index contributed by atoms with van der Waals surface area (Å²) in [6.45, 7) is 4.22. The summed E-state index contributed by atoms with van der Waals surface area (Å²) >= 11 is 0. The fourth-order valence-corrected chi connectivity index (χ4v) is 5.19. The van der Waals surface area contributed by atoms with Gasteiger partial charge in [-0.1, -0.05) is 62.4 Å². The number of carboxylic acid groups (broad SMARTS) is 1. The summed E-state index contributed by atoms with van der Waals surface area (Å²) in [6, 6.07) is 24.7. The van der Waals surface area contributed by atoms with Crippen molar-refractivity contribution in [1.29, 1.82) is 0 Å². The number of amides is 1. The Hall–Kier alpha value is -3.27. The van der Waals surface area contributed by atoms with Gasteiger partial charge in [-0.25, -0.2) is 4.39 Å². The van der Waals surface area contributed by atoms with Gasteiger partial charge in [-0.2, -0.15) is 0 Å². The van der Waals surface area contributed by atoms with Gasteiger partial charge in [0, 0.05) is 35.9 Å². The van der Waals surface area contributed by atoms with Crippen molar-refractivity contribution in [3.8, 4) is 22.4 Å². The van der Waals surface area contributed by atoms with Crippen LogP contribution in [0.1, 0.15) is 55.1 Å². The van der Waals surface area contributed by atoms with E-state index in [1.54, 1.807) is 24.3 Å². The maximum absolute atomic E-state index is 14.0. The second-order valence-corrected chi connectivity index (χ2v) is 10.4. The molecule has 1 aromatic heterocycles. The van der Waals surface area contributed by atoms with Crippen LogP contribution in [-0.2, 0) is 11.3 Å². The van der Waals surface area contributed by atoms with Gasteiger partial charge >= 0.3 is 29.6 Å². The Morgan fingerprint density at radius 2 is 1.48 bits per heavy atom. The van der Waals surface area contributed by atoms with E-state index in [1.165, 1.54) is 12.1 Å². The fourth-order valence-electron chi connectivity index (χ4n) is 5.19. The Morgan fingerprint density at radius 3 is 2.05 bits per heavy atom. The fraction of sp³-hybridized carbons (Fsp3) is 0.273. The predicted molar refractivity (Wildman–Crippen MR) is 155 cm³/mol. The van der Waals surface area contributed by atoms with Gasteiger partial charge in [-0.05, 0) is 66.3 Å². The van der Waals surface area contributed by atoms with E-state index >= 15 is 0 Å². The molecule has 9 heteroatoms. The van der Waals surface area contributed by atoms with Gasteiger partial charge in [0.2, 0.25) is 0 Å². The Kier molecular flexibility index (Phi) is 12.1.